The molecule has 5 heteroatoms. The molecule has 0 bridgehead atoms. The summed E-state index contributed by atoms with van der Waals surface area (Å²) in [6, 6.07) is 15.7. The van der Waals surface area contributed by atoms with Crippen molar-refractivity contribution in [2.24, 2.45) is 0 Å². The van der Waals surface area contributed by atoms with Crippen molar-refractivity contribution < 1.29 is 14.6 Å². The van der Waals surface area contributed by atoms with Crippen molar-refractivity contribution in [3.05, 3.63) is 86.8 Å². The van der Waals surface area contributed by atoms with Crippen LogP contribution in [0.25, 0.3) is 6.08 Å². The molecule has 0 unspecified atom stereocenters. The average molecular weight is 391 g/mol. The summed E-state index contributed by atoms with van der Waals surface area (Å²) in [7, 11) is 1.98. The van der Waals surface area contributed by atoms with Gasteiger partial charge in [-0.2, -0.15) is 0 Å². The van der Waals surface area contributed by atoms with Gasteiger partial charge in [0.15, 0.2) is 5.76 Å². The fraction of sp³-hybridized carbons (Fsp3) is 0.174. The second kappa shape index (κ2) is 7.62. The minimum absolute atomic E-state index is 0.132. The Kier molecular flexibility index (Phi) is 5.03. The number of phenolic OH excluding ortho intramolecular Hbond substituents is 1. The predicted octanol–water partition coefficient (Wildman–Crippen LogP) is 5.01. The van der Waals surface area contributed by atoms with Gasteiger partial charge in [0.05, 0.1) is 11.1 Å². The molecule has 1 aliphatic heterocycles. The average Bonchev–Trinajstić information content (AvgIpc) is 3.28. The van der Waals surface area contributed by atoms with Gasteiger partial charge in [0.1, 0.15) is 11.5 Å². The second-order valence-electron chi connectivity index (χ2n) is 7.01. The Morgan fingerprint density at radius 1 is 1.14 bits per heavy atom. The summed E-state index contributed by atoms with van der Waals surface area (Å²) < 4.78 is 5.97. The Balaban J connectivity index is 1.65. The molecule has 142 valence electrons. The van der Waals surface area contributed by atoms with Gasteiger partial charge in [-0.1, -0.05) is 36.4 Å². The van der Waals surface area contributed by atoms with E-state index in [4.69, 9.17) is 4.74 Å². The number of hydrogen-bond acceptors (Lipinski definition) is 5. The molecule has 0 amide bonds. The number of ether oxygens (including phenoxy) is 1. The van der Waals surface area contributed by atoms with Crippen molar-refractivity contribution in [1.82, 2.24) is 4.90 Å². The molecule has 4 rings (SSSR count). The van der Waals surface area contributed by atoms with E-state index in [-0.39, 0.29) is 11.5 Å². The van der Waals surface area contributed by atoms with Crippen molar-refractivity contribution >= 4 is 23.2 Å². The number of rotatable bonds is 5. The van der Waals surface area contributed by atoms with Crippen LogP contribution in [0.15, 0.2) is 59.7 Å². The van der Waals surface area contributed by atoms with Gasteiger partial charge in [0, 0.05) is 24.0 Å². The van der Waals surface area contributed by atoms with Gasteiger partial charge in [0.2, 0.25) is 5.78 Å². The number of thiophene rings is 1. The maximum absolute atomic E-state index is 12.9. The van der Waals surface area contributed by atoms with Crippen LogP contribution in [0, 0.1) is 6.92 Å². The molecule has 0 atom stereocenters. The Morgan fingerprint density at radius 3 is 2.64 bits per heavy atom. The minimum atomic E-state index is -0.132. The fourth-order valence-electron chi connectivity index (χ4n) is 3.46. The molecule has 2 heterocycles. The van der Waals surface area contributed by atoms with Crippen molar-refractivity contribution in [3.8, 4) is 11.5 Å². The number of aryl methyl sites for hydroxylation is 1. The summed E-state index contributed by atoms with van der Waals surface area (Å²) in [5.74, 6) is 0.803. The van der Waals surface area contributed by atoms with Gasteiger partial charge in [0.25, 0.3) is 0 Å². The Morgan fingerprint density at radius 2 is 1.93 bits per heavy atom. The maximum atomic E-state index is 12.9. The molecule has 3 aromatic rings. The van der Waals surface area contributed by atoms with Crippen molar-refractivity contribution in [2.75, 3.05) is 7.05 Å². The molecule has 4 nitrogen and oxygen atoms in total. The molecular formula is C23H21NO3S. The third-order valence-electron chi connectivity index (χ3n) is 4.76. The van der Waals surface area contributed by atoms with Gasteiger partial charge in [-0.15, -0.1) is 11.3 Å². The highest BCUT2D eigenvalue weighted by atomic mass is 32.1. The quantitative estimate of drug-likeness (QED) is 0.621. The van der Waals surface area contributed by atoms with Crippen LogP contribution in [-0.2, 0) is 13.1 Å². The van der Waals surface area contributed by atoms with Crippen LogP contribution >= 0.6 is 11.3 Å². The predicted molar refractivity (Wildman–Crippen MR) is 112 cm³/mol. The molecule has 0 spiro atoms. The highest BCUT2D eigenvalue weighted by Gasteiger charge is 2.33. The van der Waals surface area contributed by atoms with Crippen LogP contribution < -0.4 is 4.74 Å². The molecule has 0 saturated heterocycles. The highest BCUT2D eigenvalue weighted by Crippen LogP contribution is 2.42. The lowest BCUT2D eigenvalue weighted by Gasteiger charge is -2.19. The highest BCUT2D eigenvalue weighted by molar-refractivity contribution is 7.10. The molecule has 0 radical (unpaired) electrons. The lowest BCUT2D eigenvalue weighted by atomic mass is 9.99. The van der Waals surface area contributed by atoms with Crippen LogP contribution in [0.4, 0.5) is 0 Å². The van der Waals surface area contributed by atoms with Crippen LogP contribution in [0.5, 0.6) is 11.5 Å². The number of ketones is 1. The van der Waals surface area contributed by atoms with Crippen molar-refractivity contribution in [1.29, 1.82) is 0 Å². The summed E-state index contributed by atoms with van der Waals surface area (Å²) in [5, 5.41) is 12.5. The summed E-state index contributed by atoms with van der Waals surface area (Å²) in [6.07, 6.45) is 1.76. The van der Waals surface area contributed by atoms with Crippen molar-refractivity contribution in [3.63, 3.8) is 0 Å². The fourth-order valence-corrected chi connectivity index (χ4v) is 4.10. The minimum Gasteiger partial charge on any atom is -0.507 e. The zero-order valence-electron chi connectivity index (χ0n) is 15.8. The number of carbonyl (C=O) groups is 1. The van der Waals surface area contributed by atoms with E-state index in [2.05, 4.69) is 17.0 Å². The molecule has 0 saturated carbocycles. The number of phenols is 1. The maximum Gasteiger partial charge on any atom is 0.232 e. The monoisotopic (exact) mass is 391 g/mol. The van der Waals surface area contributed by atoms with Gasteiger partial charge in [-0.3, -0.25) is 9.69 Å². The first-order chi connectivity index (χ1) is 13.5. The number of aromatic hydroxyl groups is 1. The van der Waals surface area contributed by atoms with E-state index in [1.54, 1.807) is 23.5 Å². The Bertz CT molecular complexity index is 1040. The molecule has 0 aliphatic carbocycles. The Labute approximate surface area is 168 Å². The van der Waals surface area contributed by atoms with Gasteiger partial charge < -0.3 is 9.84 Å². The number of benzene rings is 2. The van der Waals surface area contributed by atoms with E-state index in [1.807, 2.05) is 49.7 Å². The second-order valence-corrected chi connectivity index (χ2v) is 7.99. The van der Waals surface area contributed by atoms with E-state index < -0.39 is 0 Å². The van der Waals surface area contributed by atoms with E-state index in [1.165, 1.54) is 5.56 Å². The molecule has 1 aliphatic rings. The number of allylic oxidation sites excluding steroid dienone is 1. The third-order valence-corrected chi connectivity index (χ3v) is 5.58. The topological polar surface area (TPSA) is 49.8 Å². The number of Topliss-reactive ketones (excluding diaryl/α,β-unsaturated/α-hetero) is 1. The van der Waals surface area contributed by atoms with E-state index in [9.17, 15) is 9.90 Å². The largest absolute Gasteiger partial charge is 0.507 e. The van der Waals surface area contributed by atoms with Crippen LogP contribution in [0.1, 0.15) is 31.9 Å². The third kappa shape index (κ3) is 3.59. The van der Waals surface area contributed by atoms with E-state index in [0.29, 0.717) is 29.2 Å². The molecule has 2 aromatic carbocycles. The summed E-state index contributed by atoms with van der Waals surface area (Å²) in [5.41, 5.74) is 3.09. The van der Waals surface area contributed by atoms with E-state index >= 15 is 0 Å². The summed E-state index contributed by atoms with van der Waals surface area (Å²) in [6.45, 7) is 3.03. The van der Waals surface area contributed by atoms with Gasteiger partial charge in [-0.25, -0.2) is 0 Å². The first-order valence-electron chi connectivity index (χ1n) is 9.08. The first kappa shape index (κ1) is 18.5. The molecule has 28 heavy (non-hydrogen) atoms. The van der Waals surface area contributed by atoms with Gasteiger partial charge in [-0.05, 0) is 42.6 Å². The standard InChI is InChI=1S/C23H21NO3S/c1-15-11-19(25)18(14-24(2)13-16-7-4-3-5-8-16)23-21(15)22(26)20(27-23)12-17-9-6-10-28-17/h3-12,25H,13-14H2,1-2H3/b20-12-. The lowest BCUT2D eigenvalue weighted by Crippen LogP contribution is -2.17. The number of hydrogen-bond donors (Lipinski definition) is 1. The lowest BCUT2D eigenvalue weighted by molar-refractivity contribution is 0.101. The molecular weight excluding hydrogens is 370 g/mol. The van der Waals surface area contributed by atoms with E-state index in [0.717, 1.165) is 17.0 Å². The van der Waals surface area contributed by atoms with Crippen LogP contribution in [0.2, 0.25) is 0 Å². The summed E-state index contributed by atoms with van der Waals surface area (Å²) >= 11 is 1.55. The number of fused-ring (bicyclic) bond motifs is 1. The summed E-state index contributed by atoms with van der Waals surface area (Å²) in [4.78, 5) is 16.0. The first-order valence-corrected chi connectivity index (χ1v) is 9.96. The smallest absolute Gasteiger partial charge is 0.232 e. The van der Waals surface area contributed by atoms with Crippen LogP contribution in [-0.4, -0.2) is 22.8 Å². The zero-order chi connectivity index (χ0) is 19.7. The zero-order valence-corrected chi connectivity index (χ0v) is 16.6. The van der Waals surface area contributed by atoms with Crippen molar-refractivity contribution in [2.45, 2.75) is 20.0 Å². The van der Waals surface area contributed by atoms with Gasteiger partial charge >= 0.3 is 0 Å². The molecule has 1 aromatic heterocycles. The number of nitrogens with zero attached hydrogens (tertiary/aromatic N) is 1. The molecule has 1 N–H and O–H groups in total. The normalized spacial score (nSPS) is 14.5. The SMILES string of the molecule is Cc1cc(O)c(CN(C)Cc2ccccc2)c2c1C(=O)/C(=C/c1cccs1)O2. The molecule has 0 fully saturated rings. The number of carbonyl (C=O) groups excluding carboxylic acids is 1. The van der Waals surface area contributed by atoms with Crippen LogP contribution in [0.3, 0.4) is 0 Å². The Hall–Kier alpha value is -2.89.